The Morgan fingerprint density at radius 2 is 2.21 bits per heavy atom. The largest absolute Gasteiger partial charge is 0.496 e. The lowest BCUT2D eigenvalue weighted by Gasteiger charge is -2.11. The van der Waals surface area contributed by atoms with Crippen molar-refractivity contribution in [3.63, 3.8) is 0 Å². The summed E-state index contributed by atoms with van der Waals surface area (Å²) >= 11 is 0. The highest BCUT2D eigenvalue weighted by Crippen LogP contribution is 2.22. The van der Waals surface area contributed by atoms with Gasteiger partial charge < -0.3 is 4.74 Å². The van der Waals surface area contributed by atoms with Crippen LogP contribution in [-0.2, 0) is 6.42 Å². The van der Waals surface area contributed by atoms with Gasteiger partial charge in [0.2, 0.25) is 0 Å². The van der Waals surface area contributed by atoms with E-state index in [0.29, 0.717) is 5.92 Å². The van der Waals surface area contributed by atoms with E-state index in [9.17, 15) is 0 Å². The highest BCUT2D eigenvalue weighted by Gasteiger charge is 2.05. The van der Waals surface area contributed by atoms with Crippen LogP contribution in [0.4, 0.5) is 0 Å². The van der Waals surface area contributed by atoms with Crippen molar-refractivity contribution in [3.05, 3.63) is 42.0 Å². The maximum Gasteiger partial charge on any atom is 0.122 e. The first kappa shape index (κ1) is 10.8. The van der Waals surface area contributed by atoms with E-state index in [1.165, 1.54) is 11.1 Å². The summed E-state index contributed by atoms with van der Waals surface area (Å²) in [6.45, 7) is 8.05. The lowest BCUT2D eigenvalue weighted by atomic mass is 9.99. The number of hydrogen-bond acceptors (Lipinski definition) is 1. The van der Waals surface area contributed by atoms with Gasteiger partial charge >= 0.3 is 0 Å². The highest BCUT2D eigenvalue weighted by molar-refractivity contribution is 5.37. The molecule has 0 radical (unpaired) electrons. The van der Waals surface area contributed by atoms with E-state index >= 15 is 0 Å². The van der Waals surface area contributed by atoms with E-state index < -0.39 is 0 Å². The molecule has 1 aromatic carbocycles. The zero-order valence-electron chi connectivity index (χ0n) is 9.21. The molecule has 76 valence electrons. The minimum Gasteiger partial charge on any atom is -0.496 e. The quantitative estimate of drug-likeness (QED) is 0.661. The first-order valence-electron chi connectivity index (χ1n) is 4.93. The molecule has 0 aliphatic heterocycles. The molecule has 0 saturated carbocycles. The molecule has 0 heterocycles. The first-order valence-corrected chi connectivity index (χ1v) is 4.93. The molecule has 1 atom stereocenters. The topological polar surface area (TPSA) is 9.23 Å². The van der Waals surface area contributed by atoms with Gasteiger partial charge in [0, 0.05) is 0 Å². The molecule has 1 unspecified atom stereocenters. The van der Waals surface area contributed by atoms with Crippen molar-refractivity contribution in [1.82, 2.24) is 0 Å². The van der Waals surface area contributed by atoms with Crippen LogP contribution in [0.1, 0.15) is 18.1 Å². The summed E-state index contributed by atoms with van der Waals surface area (Å²) in [6.07, 6.45) is 2.97. The van der Waals surface area contributed by atoms with Crippen molar-refractivity contribution in [3.8, 4) is 5.75 Å². The van der Waals surface area contributed by atoms with E-state index in [1.54, 1.807) is 7.11 Å². The van der Waals surface area contributed by atoms with E-state index in [2.05, 4.69) is 32.6 Å². The maximum absolute atomic E-state index is 5.31. The summed E-state index contributed by atoms with van der Waals surface area (Å²) in [5.74, 6) is 1.47. The molecule has 0 aliphatic carbocycles. The predicted molar refractivity (Wildman–Crippen MR) is 60.8 cm³/mol. The third-order valence-electron chi connectivity index (χ3n) is 2.38. The van der Waals surface area contributed by atoms with Gasteiger partial charge in [-0.1, -0.05) is 30.7 Å². The summed E-state index contributed by atoms with van der Waals surface area (Å²) in [5.41, 5.74) is 2.54. The Bertz CT molecular complexity index is 315. The lowest BCUT2D eigenvalue weighted by molar-refractivity contribution is 0.407. The van der Waals surface area contributed by atoms with Crippen LogP contribution in [-0.4, -0.2) is 7.11 Å². The molecule has 0 bridgehead atoms. The molecule has 0 spiro atoms. The second-order valence-corrected chi connectivity index (χ2v) is 3.73. The van der Waals surface area contributed by atoms with Crippen molar-refractivity contribution in [2.24, 2.45) is 5.92 Å². The van der Waals surface area contributed by atoms with Gasteiger partial charge in [0.25, 0.3) is 0 Å². The Hall–Kier alpha value is -1.24. The minimum absolute atomic E-state index is 0.491. The fourth-order valence-electron chi connectivity index (χ4n) is 1.50. The number of rotatable bonds is 4. The third kappa shape index (κ3) is 2.63. The SMILES string of the molecule is C=CC(C)Cc1cc(C)ccc1OC. The Morgan fingerprint density at radius 3 is 2.79 bits per heavy atom. The first-order chi connectivity index (χ1) is 6.67. The van der Waals surface area contributed by atoms with Gasteiger partial charge in [0.05, 0.1) is 7.11 Å². The van der Waals surface area contributed by atoms with Crippen LogP contribution in [0.2, 0.25) is 0 Å². The normalized spacial score (nSPS) is 12.2. The molecule has 0 aliphatic rings. The van der Waals surface area contributed by atoms with Gasteiger partial charge in [-0.3, -0.25) is 0 Å². The molecule has 1 aromatic rings. The molecule has 0 N–H and O–H groups in total. The fourth-order valence-corrected chi connectivity index (χ4v) is 1.50. The maximum atomic E-state index is 5.31. The summed E-state index contributed by atoms with van der Waals surface area (Å²) in [6, 6.07) is 6.28. The molecule has 1 nitrogen and oxygen atoms in total. The van der Waals surface area contributed by atoms with Crippen LogP contribution in [0.3, 0.4) is 0 Å². The van der Waals surface area contributed by atoms with Crippen LogP contribution < -0.4 is 4.74 Å². The van der Waals surface area contributed by atoms with Crippen LogP contribution in [0, 0.1) is 12.8 Å². The molecular formula is C13H18O. The van der Waals surface area contributed by atoms with E-state index in [0.717, 1.165) is 12.2 Å². The molecule has 1 rings (SSSR count). The van der Waals surface area contributed by atoms with Gasteiger partial charge in [-0.05, 0) is 30.9 Å². The Labute approximate surface area is 86.4 Å². The summed E-state index contributed by atoms with van der Waals surface area (Å²) in [5, 5.41) is 0. The monoisotopic (exact) mass is 190 g/mol. The van der Waals surface area contributed by atoms with Gasteiger partial charge in [-0.15, -0.1) is 6.58 Å². The van der Waals surface area contributed by atoms with Crippen LogP contribution in [0.25, 0.3) is 0 Å². The van der Waals surface area contributed by atoms with Gasteiger partial charge in [-0.2, -0.15) is 0 Å². The number of ether oxygens (including phenoxy) is 1. The average molecular weight is 190 g/mol. The number of benzene rings is 1. The molecule has 1 heteroatoms. The van der Waals surface area contributed by atoms with E-state index in [-0.39, 0.29) is 0 Å². The van der Waals surface area contributed by atoms with Crippen LogP contribution >= 0.6 is 0 Å². The van der Waals surface area contributed by atoms with E-state index in [4.69, 9.17) is 4.74 Å². The predicted octanol–water partition coefficient (Wildman–Crippen LogP) is 3.37. The van der Waals surface area contributed by atoms with Crippen molar-refractivity contribution in [2.45, 2.75) is 20.3 Å². The molecule has 0 aromatic heterocycles. The summed E-state index contributed by atoms with van der Waals surface area (Å²) < 4.78 is 5.31. The number of hydrogen-bond donors (Lipinski definition) is 0. The standard InChI is InChI=1S/C13H18O/c1-5-10(2)8-12-9-11(3)6-7-13(12)14-4/h5-7,9-10H,1,8H2,2-4H3. The second kappa shape index (κ2) is 4.85. The highest BCUT2D eigenvalue weighted by atomic mass is 16.5. The Balaban J connectivity index is 2.92. The van der Waals surface area contributed by atoms with Gasteiger partial charge in [0.15, 0.2) is 0 Å². The number of aryl methyl sites for hydroxylation is 1. The third-order valence-corrected chi connectivity index (χ3v) is 2.38. The van der Waals surface area contributed by atoms with E-state index in [1.807, 2.05) is 12.1 Å². The molecule has 14 heavy (non-hydrogen) atoms. The summed E-state index contributed by atoms with van der Waals surface area (Å²) in [7, 11) is 1.72. The molecule has 0 fully saturated rings. The second-order valence-electron chi connectivity index (χ2n) is 3.73. The number of allylic oxidation sites excluding steroid dienone is 1. The van der Waals surface area contributed by atoms with Gasteiger partial charge in [0.1, 0.15) is 5.75 Å². The zero-order valence-corrected chi connectivity index (χ0v) is 9.21. The smallest absolute Gasteiger partial charge is 0.122 e. The molecule has 0 saturated heterocycles. The Kier molecular flexibility index (Phi) is 3.75. The van der Waals surface area contributed by atoms with Crippen molar-refractivity contribution in [1.29, 1.82) is 0 Å². The van der Waals surface area contributed by atoms with Gasteiger partial charge in [-0.25, -0.2) is 0 Å². The zero-order chi connectivity index (χ0) is 10.6. The number of methoxy groups -OCH3 is 1. The molecule has 0 amide bonds. The minimum atomic E-state index is 0.491. The van der Waals surface area contributed by atoms with Crippen molar-refractivity contribution in [2.75, 3.05) is 7.11 Å². The summed E-state index contributed by atoms with van der Waals surface area (Å²) in [4.78, 5) is 0. The molecular weight excluding hydrogens is 172 g/mol. The van der Waals surface area contributed by atoms with Crippen molar-refractivity contribution < 1.29 is 4.74 Å². The average Bonchev–Trinajstić information content (AvgIpc) is 2.18. The van der Waals surface area contributed by atoms with Crippen LogP contribution in [0.5, 0.6) is 5.75 Å². The fraction of sp³-hybridized carbons (Fsp3) is 0.385. The Morgan fingerprint density at radius 1 is 1.50 bits per heavy atom. The van der Waals surface area contributed by atoms with Crippen molar-refractivity contribution >= 4 is 0 Å². The lowest BCUT2D eigenvalue weighted by Crippen LogP contribution is -1.99. The van der Waals surface area contributed by atoms with Crippen LogP contribution in [0.15, 0.2) is 30.9 Å².